The summed E-state index contributed by atoms with van der Waals surface area (Å²) in [7, 11) is 1.86. The van der Waals surface area contributed by atoms with Gasteiger partial charge in [-0.2, -0.15) is 5.10 Å². The van der Waals surface area contributed by atoms with E-state index >= 15 is 0 Å². The van der Waals surface area contributed by atoms with Gasteiger partial charge in [0.15, 0.2) is 0 Å². The molecule has 0 bridgehead atoms. The monoisotopic (exact) mass is 257 g/mol. The number of halogens is 1. The molecule has 0 aliphatic heterocycles. The van der Waals surface area contributed by atoms with E-state index in [0.29, 0.717) is 6.54 Å². The van der Waals surface area contributed by atoms with E-state index in [1.54, 1.807) is 10.9 Å². The zero-order valence-corrected chi connectivity index (χ0v) is 9.54. The maximum absolute atomic E-state index is 11.4. The van der Waals surface area contributed by atoms with Crippen LogP contribution in [0.25, 0.3) is 0 Å². The molecule has 1 heterocycles. The van der Waals surface area contributed by atoms with E-state index in [9.17, 15) is 4.79 Å². The van der Waals surface area contributed by atoms with E-state index in [2.05, 4.69) is 26.3 Å². The van der Waals surface area contributed by atoms with Crippen LogP contribution in [-0.2, 0) is 18.4 Å². The van der Waals surface area contributed by atoms with Crippen molar-refractivity contribution in [3.63, 3.8) is 0 Å². The number of carbonyl (C=O) groups is 1. The van der Waals surface area contributed by atoms with Gasteiger partial charge >= 0.3 is 0 Å². The van der Waals surface area contributed by atoms with Gasteiger partial charge in [-0.1, -0.05) is 0 Å². The summed E-state index contributed by atoms with van der Waals surface area (Å²) < 4.78 is 2.70. The SMILES string of the molecule is Cn1ncc(Br)c1CNC(=O)C1CC1. The Morgan fingerprint density at radius 3 is 3.00 bits per heavy atom. The van der Waals surface area contributed by atoms with Crippen LogP contribution < -0.4 is 5.32 Å². The molecule has 1 aliphatic carbocycles. The molecule has 14 heavy (non-hydrogen) atoms. The average molecular weight is 258 g/mol. The molecule has 0 spiro atoms. The molecular formula is C9H12BrN3O. The zero-order valence-electron chi connectivity index (χ0n) is 7.96. The van der Waals surface area contributed by atoms with Crippen molar-refractivity contribution < 1.29 is 4.79 Å². The third kappa shape index (κ3) is 1.97. The van der Waals surface area contributed by atoms with Crippen LogP contribution in [0.5, 0.6) is 0 Å². The minimum Gasteiger partial charge on any atom is -0.350 e. The molecule has 1 aromatic heterocycles. The predicted octanol–water partition coefficient (Wildman–Crippen LogP) is 1.21. The number of nitrogens with zero attached hydrogens (tertiary/aromatic N) is 2. The van der Waals surface area contributed by atoms with E-state index in [0.717, 1.165) is 23.0 Å². The number of hydrogen-bond acceptors (Lipinski definition) is 2. The Kier molecular flexibility index (Phi) is 2.58. The van der Waals surface area contributed by atoms with Gasteiger partial charge in [-0.3, -0.25) is 9.48 Å². The molecule has 76 valence electrons. The maximum Gasteiger partial charge on any atom is 0.223 e. The van der Waals surface area contributed by atoms with Crippen molar-refractivity contribution in [2.75, 3.05) is 0 Å². The quantitative estimate of drug-likeness (QED) is 0.885. The maximum atomic E-state index is 11.4. The van der Waals surface area contributed by atoms with Crippen LogP contribution in [0.2, 0.25) is 0 Å². The highest BCUT2D eigenvalue weighted by Gasteiger charge is 2.29. The van der Waals surface area contributed by atoms with Crippen LogP contribution >= 0.6 is 15.9 Å². The fourth-order valence-electron chi connectivity index (χ4n) is 1.30. The first kappa shape index (κ1) is 9.71. The fourth-order valence-corrected chi connectivity index (χ4v) is 1.78. The van der Waals surface area contributed by atoms with E-state index in [4.69, 9.17) is 0 Å². The van der Waals surface area contributed by atoms with Crippen molar-refractivity contribution in [1.29, 1.82) is 0 Å². The lowest BCUT2D eigenvalue weighted by molar-refractivity contribution is -0.122. The van der Waals surface area contributed by atoms with Crippen molar-refractivity contribution in [3.05, 3.63) is 16.4 Å². The lowest BCUT2D eigenvalue weighted by Crippen LogP contribution is -2.25. The van der Waals surface area contributed by atoms with Gasteiger partial charge in [0.05, 0.1) is 22.9 Å². The number of rotatable bonds is 3. The molecule has 0 unspecified atom stereocenters. The van der Waals surface area contributed by atoms with E-state index in [1.165, 1.54) is 0 Å². The van der Waals surface area contributed by atoms with Crippen LogP contribution in [0.4, 0.5) is 0 Å². The Bertz CT molecular complexity index is 337. The Balaban J connectivity index is 1.93. The highest BCUT2D eigenvalue weighted by atomic mass is 79.9. The molecule has 2 rings (SSSR count). The average Bonchev–Trinajstić information content (AvgIpc) is 2.93. The van der Waals surface area contributed by atoms with E-state index in [-0.39, 0.29) is 11.8 Å². The molecule has 5 heteroatoms. The van der Waals surface area contributed by atoms with Crippen molar-refractivity contribution in [2.24, 2.45) is 13.0 Å². The van der Waals surface area contributed by atoms with E-state index in [1.807, 2.05) is 7.05 Å². The molecule has 4 nitrogen and oxygen atoms in total. The van der Waals surface area contributed by atoms with Crippen molar-refractivity contribution in [3.8, 4) is 0 Å². The normalized spacial score (nSPS) is 15.6. The number of aromatic nitrogens is 2. The molecule has 0 aromatic carbocycles. The fraction of sp³-hybridized carbons (Fsp3) is 0.556. The van der Waals surface area contributed by atoms with Gasteiger partial charge < -0.3 is 5.32 Å². The molecule has 0 atom stereocenters. The second-order valence-electron chi connectivity index (χ2n) is 3.55. The van der Waals surface area contributed by atoms with Crippen LogP contribution in [0.15, 0.2) is 10.7 Å². The molecule has 1 aromatic rings. The molecule has 1 aliphatic rings. The van der Waals surface area contributed by atoms with Crippen LogP contribution in [0, 0.1) is 5.92 Å². The molecule has 1 fully saturated rings. The topological polar surface area (TPSA) is 46.9 Å². The zero-order chi connectivity index (χ0) is 10.1. The highest BCUT2D eigenvalue weighted by molar-refractivity contribution is 9.10. The molecular weight excluding hydrogens is 246 g/mol. The third-order valence-corrected chi connectivity index (χ3v) is 3.05. The summed E-state index contributed by atoms with van der Waals surface area (Å²) in [6.07, 6.45) is 3.81. The molecule has 1 N–H and O–H groups in total. The van der Waals surface area contributed by atoms with Gasteiger partial charge in [-0.05, 0) is 28.8 Å². The molecule has 0 saturated heterocycles. The van der Waals surface area contributed by atoms with Crippen LogP contribution in [0.1, 0.15) is 18.5 Å². The molecule has 0 radical (unpaired) electrons. The van der Waals surface area contributed by atoms with Crippen molar-refractivity contribution in [1.82, 2.24) is 15.1 Å². The number of nitrogens with one attached hydrogen (secondary N) is 1. The summed E-state index contributed by atoms with van der Waals surface area (Å²) in [5, 5.41) is 6.97. The van der Waals surface area contributed by atoms with Crippen molar-refractivity contribution >= 4 is 21.8 Å². The Morgan fingerprint density at radius 2 is 2.50 bits per heavy atom. The van der Waals surface area contributed by atoms with Crippen LogP contribution in [-0.4, -0.2) is 15.7 Å². The summed E-state index contributed by atoms with van der Waals surface area (Å²) in [6.45, 7) is 0.548. The third-order valence-electron chi connectivity index (χ3n) is 2.39. The van der Waals surface area contributed by atoms with Gasteiger partial charge in [0.2, 0.25) is 5.91 Å². The van der Waals surface area contributed by atoms with Crippen LogP contribution in [0.3, 0.4) is 0 Å². The highest BCUT2D eigenvalue weighted by Crippen LogP contribution is 2.28. The Hall–Kier alpha value is -0.840. The first-order valence-electron chi connectivity index (χ1n) is 4.62. The number of amides is 1. The van der Waals surface area contributed by atoms with Gasteiger partial charge in [0.1, 0.15) is 0 Å². The van der Waals surface area contributed by atoms with E-state index < -0.39 is 0 Å². The van der Waals surface area contributed by atoms with Gasteiger partial charge in [-0.25, -0.2) is 0 Å². The summed E-state index contributed by atoms with van der Waals surface area (Å²) in [4.78, 5) is 11.4. The lowest BCUT2D eigenvalue weighted by Gasteiger charge is -2.05. The Morgan fingerprint density at radius 1 is 1.79 bits per heavy atom. The number of aryl methyl sites for hydroxylation is 1. The van der Waals surface area contributed by atoms with Gasteiger partial charge in [0.25, 0.3) is 0 Å². The summed E-state index contributed by atoms with van der Waals surface area (Å²) in [6, 6.07) is 0. The van der Waals surface area contributed by atoms with Crippen molar-refractivity contribution in [2.45, 2.75) is 19.4 Å². The second kappa shape index (κ2) is 3.73. The minimum atomic E-state index is 0.165. The number of hydrogen-bond donors (Lipinski definition) is 1. The molecule has 1 amide bonds. The summed E-state index contributed by atoms with van der Waals surface area (Å²) >= 11 is 3.39. The summed E-state index contributed by atoms with van der Waals surface area (Å²) in [5.41, 5.74) is 0.999. The first-order valence-corrected chi connectivity index (χ1v) is 5.42. The summed E-state index contributed by atoms with van der Waals surface area (Å²) in [5.74, 6) is 0.431. The molecule has 1 saturated carbocycles. The largest absolute Gasteiger partial charge is 0.350 e. The standard InChI is InChI=1S/C9H12BrN3O/c1-13-8(7(10)4-12-13)5-11-9(14)6-2-3-6/h4,6H,2-3,5H2,1H3,(H,11,14). The predicted molar refractivity (Wildman–Crippen MR) is 55.5 cm³/mol. The smallest absolute Gasteiger partial charge is 0.223 e. The second-order valence-corrected chi connectivity index (χ2v) is 4.41. The number of carbonyl (C=O) groups excluding carboxylic acids is 1. The first-order chi connectivity index (χ1) is 6.68. The Labute approximate surface area is 90.8 Å². The van der Waals surface area contributed by atoms with Gasteiger partial charge in [0, 0.05) is 13.0 Å². The van der Waals surface area contributed by atoms with Gasteiger partial charge in [-0.15, -0.1) is 0 Å². The minimum absolute atomic E-state index is 0.165. The lowest BCUT2D eigenvalue weighted by atomic mass is 10.3.